The highest BCUT2D eigenvalue weighted by Gasteiger charge is 2.14. The molecule has 3 heteroatoms. The Bertz CT molecular complexity index is 467. The lowest BCUT2D eigenvalue weighted by Crippen LogP contribution is -2.11. The van der Waals surface area contributed by atoms with Gasteiger partial charge in [-0.25, -0.2) is 8.78 Å². The van der Waals surface area contributed by atoms with Crippen molar-refractivity contribution in [2.75, 3.05) is 0 Å². The number of ketones is 1. The number of halogens is 2. The lowest BCUT2D eigenvalue weighted by Gasteiger charge is -2.19. The van der Waals surface area contributed by atoms with Crippen LogP contribution in [0.2, 0.25) is 0 Å². The zero-order valence-electron chi connectivity index (χ0n) is 12.4. The highest BCUT2D eigenvalue weighted by Crippen LogP contribution is 2.23. The van der Waals surface area contributed by atoms with Crippen LogP contribution >= 0.6 is 0 Å². The Labute approximate surface area is 119 Å². The molecule has 0 amide bonds. The number of benzene rings is 1. The number of Topliss-reactive ketones (excluding diaryl/α,β-unsaturated/α-hetero) is 1. The first-order valence-electron chi connectivity index (χ1n) is 6.81. The summed E-state index contributed by atoms with van der Waals surface area (Å²) >= 11 is 0. The lowest BCUT2D eigenvalue weighted by molar-refractivity contribution is 0.0978. The van der Waals surface area contributed by atoms with Crippen molar-refractivity contribution in [2.24, 2.45) is 0 Å². The normalized spacial score (nSPS) is 11.7. The quantitative estimate of drug-likeness (QED) is 0.519. The van der Waals surface area contributed by atoms with E-state index in [2.05, 4.69) is 27.4 Å². The number of allylic oxidation sites excluding steroid dienone is 1. The highest BCUT2D eigenvalue weighted by molar-refractivity contribution is 5.96. The molecular weight excluding hydrogens is 258 g/mol. The molecule has 0 saturated heterocycles. The lowest BCUT2D eigenvalue weighted by atomic mass is 9.86. The third kappa shape index (κ3) is 4.87. The Balaban J connectivity index is 2.54. The van der Waals surface area contributed by atoms with E-state index in [1.165, 1.54) is 5.56 Å². The molecule has 0 aliphatic carbocycles. The summed E-state index contributed by atoms with van der Waals surface area (Å²) in [4.78, 5) is 11.9. The Hall–Kier alpha value is -1.51. The predicted octanol–water partition coefficient (Wildman–Crippen LogP) is 5.16. The molecule has 0 fully saturated rings. The van der Waals surface area contributed by atoms with Crippen molar-refractivity contribution < 1.29 is 13.6 Å². The number of hydrogen-bond donors (Lipinski definition) is 0. The van der Waals surface area contributed by atoms with Crippen molar-refractivity contribution >= 4 is 5.78 Å². The molecule has 0 bridgehead atoms. The smallest absolute Gasteiger partial charge is 0.259 e. The van der Waals surface area contributed by atoms with Crippen molar-refractivity contribution in [2.45, 2.75) is 51.9 Å². The maximum absolute atomic E-state index is 12.2. The van der Waals surface area contributed by atoms with Gasteiger partial charge in [0.25, 0.3) is 6.43 Å². The van der Waals surface area contributed by atoms with Gasteiger partial charge in [0, 0.05) is 12.0 Å². The van der Waals surface area contributed by atoms with Crippen molar-refractivity contribution in [3.63, 3.8) is 0 Å². The SMILES string of the molecule is C=C(CCCC(=O)c1ccc(C(C)(C)C)cc1)C(F)F. The van der Waals surface area contributed by atoms with Gasteiger partial charge >= 0.3 is 0 Å². The minimum Gasteiger partial charge on any atom is -0.294 e. The van der Waals surface area contributed by atoms with E-state index in [1.807, 2.05) is 24.3 Å². The third-order valence-electron chi connectivity index (χ3n) is 3.28. The Morgan fingerprint density at radius 2 is 1.70 bits per heavy atom. The molecule has 0 spiro atoms. The number of alkyl halides is 2. The second-order valence-corrected chi connectivity index (χ2v) is 6.06. The molecule has 20 heavy (non-hydrogen) atoms. The molecule has 0 aromatic heterocycles. The van der Waals surface area contributed by atoms with Gasteiger partial charge in [-0.05, 0) is 29.4 Å². The molecule has 110 valence electrons. The summed E-state index contributed by atoms with van der Waals surface area (Å²) in [5, 5.41) is 0. The monoisotopic (exact) mass is 280 g/mol. The minimum atomic E-state index is -2.49. The number of rotatable bonds is 6. The van der Waals surface area contributed by atoms with Gasteiger partial charge in [0.1, 0.15) is 0 Å². The van der Waals surface area contributed by atoms with Gasteiger partial charge in [0.05, 0.1) is 0 Å². The predicted molar refractivity (Wildman–Crippen MR) is 78.5 cm³/mol. The van der Waals surface area contributed by atoms with Crippen molar-refractivity contribution in [3.05, 3.63) is 47.5 Å². The number of hydrogen-bond acceptors (Lipinski definition) is 1. The second-order valence-electron chi connectivity index (χ2n) is 6.06. The summed E-state index contributed by atoms with van der Waals surface area (Å²) in [5.41, 5.74) is 1.76. The second kappa shape index (κ2) is 6.78. The van der Waals surface area contributed by atoms with E-state index in [1.54, 1.807) is 0 Å². The van der Waals surface area contributed by atoms with Crippen LogP contribution in [0.5, 0.6) is 0 Å². The molecule has 1 aromatic rings. The first-order chi connectivity index (χ1) is 9.21. The van der Waals surface area contributed by atoms with Gasteiger partial charge in [-0.15, -0.1) is 0 Å². The Kier molecular flexibility index (Phi) is 5.61. The molecule has 0 atom stereocenters. The molecule has 1 aromatic carbocycles. The van der Waals surface area contributed by atoms with Crippen LogP contribution in [0.3, 0.4) is 0 Å². The van der Waals surface area contributed by atoms with Gasteiger partial charge in [-0.3, -0.25) is 4.79 Å². The fraction of sp³-hybridized carbons (Fsp3) is 0.471. The van der Waals surface area contributed by atoms with Crippen molar-refractivity contribution in [1.82, 2.24) is 0 Å². The zero-order valence-corrected chi connectivity index (χ0v) is 12.4. The molecule has 0 N–H and O–H groups in total. The Morgan fingerprint density at radius 1 is 1.15 bits per heavy atom. The van der Waals surface area contributed by atoms with Gasteiger partial charge in [0.2, 0.25) is 0 Å². The van der Waals surface area contributed by atoms with E-state index in [4.69, 9.17) is 0 Å². The van der Waals surface area contributed by atoms with E-state index in [0.29, 0.717) is 12.0 Å². The minimum absolute atomic E-state index is 0.00692. The molecule has 0 radical (unpaired) electrons. The van der Waals surface area contributed by atoms with E-state index >= 15 is 0 Å². The summed E-state index contributed by atoms with van der Waals surface area (Å²) in [7, 11) is 0. The average Bonchev–Trinajstić information content (AvgIpc) is 2.37. The van der Waals surface area contributed by atoms with Crippen LogP contribution in [0.15, 0.2) is 36.4 Å². The van der Waals surface area contributed by atoms with E-state index < -0.39 is 6.43 Å². The highest BCUT2D eigenvalue weighted by atomic mass is 19.3. The van der Waals surface area contributed by atoms with Gasteiger partial charge in [0.15, 0.2) is 5.78 Å². The average molecular weight is 280 g/mol. The van der Waals surface area contributed by atoms with E-state index in [-0.39, 0.29) is 29.6 Å². The summed E-state index contributed by atoms with van der Waals surface area (Å²) in [5.74, 6) is -0.00692. The standard InChI is InChI=1S/C17H22F2O/c1-12(16(18)19)6-5-7-15(20)13-8-10-14(11-9-13)17(2,3)4/h8-11,16H,1,5-7H2,2-4H3. The third-order valence-corrected chi connectivity index (χ3v) is 3.28. The maximum Gasteiger partial charge on any atom is 0.259 e. The van der Waals surface area contributed by atoms with Crippen LogP contribution in [-0.4, -0.2) is 12.2 Å². The van der Waals surface area contributed by atoms with E-state index in [9.17, 15) is 13.6 Å². The van der Waals surface area contributed by atoms with Crippen LogP contribution in [0, 0.1) is 0 Å². The molecule has 0 heterocycles. The zero-order chi connectivity index (χ0) is 15.3. The molecule has 0 aliphatic rings. The Morgan fingerprint density at radius 3 is 2.15 bits per heavy atom. The molecule has 1 rings (SSSR count). The number of carbonyl (C=O) groups excluding carboxylic acids is 1. The molecular formula is C17H22F2O. The summed E-state index contributed by atoms with van der Waals surface area (Å²) in [6, 6.07) is 7.52. The van der Waals surface area contributed by atoms with Crippen molar-refractivity contribution in [3.8, 4) is 0 Å². The summed E-state index contributed by atoms with van der Waals surface area (Å²) in [6.07, 6.45) is -1.59. The number of carbonyl (C=O) groups is 1. The molecule has 1 nitrogen and oxygen atoms in total. The summed E-state index contributed by atoms with van der Waals surface area (Å²) < 4.78 is 24.5. The van der Waals surface area contributed by atoms with Crippen LogP contribution in [0.25, 0.3) is 0 Å². The van der Waals surface area contributed by atoms with Gasteiger partial charge in [-0.1, -0.05) is 51.6 Å². The molecule has 0 saturated carbocycles. The van der Waals surface area contributed by atoms with Crippen LogP contribution < -0.4 is 0 Å². The fourth-order valence-corrected chi connectivity index (χ4v) is 1.89. The van der Waals surface area contributed by atoms with Crippen LogP contribution in [0.1, 0.15) is 56.0 Å². The summed E-state index contributed by atoms with van der Waals surface area (Å²) in [6.45, 7) is 9.63. The maximum atomic E-state index is 12.2. The van der Waals surface area contributed by atoms with Gasteiger partial charge < -0.3 is 0 Å². The van der Waals surface area contributed by atoms with Crippen LogP contribution in [-0.2, 0) is 5.41 Å². The molecule has 0 unspecified atom stereocenters. The topological polar surface area (TPSA) is 17.1 Å². The fourth-order valence-electron chi connectivity index (χ4n) is 1.89. The van der Waals surface area contributed by atoms with Gasteiger partial charge in [-0.2, -0.15) is 0 Å². The van der Waals surface area contributed by atoms with Crippen LogP contribution in [0.4, 0.5) is 8.78 Å². The van der Waals surface area contributed by atoms with Crippen molar-refractivity contribution in [1.29, 1.82) is 0 Å². The largest absolute Gasteiger partial charge is 0.294 e. The first kappa shape index (κ1) is 16.5. The first-order valence-corrected chi connectivity index (χ1v) is 6.81. The van der Waals surface area contributed by atoms with E-state index in [0.717, 1.165) is 0 Å². The molecule has 0 aliphatic heterocycles.